The van der Waals surface area contributed by atoms with Gasteiger partial charge in [-0.15, -0.1) is 0 Å². The van der Waals surface area contributed by atoms with Crippen molar-refractivity contribution in [2.45, 2.75) is 32.2 Å². The maximum Gasteiger partial charge on any atom is 0.253 e. The molecule has 0 saturated carbocycles. The zero-order valence-corrected chi connectivity index (χ0v) is 19.0. The Bertz CT molecular complexity index is 900. The molecule has 1 aliphatic rings. The predicted molar refractivity (Wildman–Crippen MR) is 127 cm³/mol. The zero-order chi connectivity index (χ0) is 21.5. The highest BCUT2D eigenvalue weighted by Gasteiger charge is 2.23. The SMILES string of the molecule is CSCCC(NC(=O)c1ccccc1Cl)C(=O)Nc1ccc(N2CCCC2)cc1C. The van der Waals surface area contributed by atoms with Crippen LogP contribution in [0.25, 0.3) is 0 Å². The van der Waals surface area contributed by atoms with Crippen molar-refractivity contribution in [1.29, 1.82) is 0 Å². The first-order chi connectivity index (χ1) is 14.5. The van der Waals surface area contributed by atoms with E-state index in [2.05, 4.69) is 21.6 Å². The molecule has 2 aromatic rings. The lowest BCUT2D eigenvalue weighted by Crippen LogP contribution is -2.44. The van der Waals surface area contributed by atoms with Crippen LogP contribution in [-0.2, 0) is 4.79 Å². The number of amides is 2. The van der Waals surface area contributed by atoms with Crippen molar-refractivity contribution >= 4 is 46.6 Å². The van der Waals surface area contributed by atoms with Gasteiger partial charge in [-0.3, -0.25) is 9.59 Å². The van der Waals surface area contributed by atoms with Crippen LogP contribution in [0.2, 0.25) is 5.02 Å². The molecular formula is C23H28ClN3O2S. The van der Waals surface area contributed by atoms with E-state index in [-0.39, 0.29) is 11.8 Å². The molecule has 0 aliphatic carbocycles. The minimum absolute atomic E-state index is 0.221. The number of halogens is 1. The van der Waals surface area contributed by atoms with E-state index in [1.54, 1.807) is 36.0 Å². The van der Waals surface area contributed by atoms with Gasteiger partial charge in [0.25, 0.3) is 5.91 Å². The number of thioether (sulfide) groups is 1. The molecule has 0 aromatic heterocycles. The van der Waals surface area contributed by atoms with Crippen LogP contribution >= 0.6 is 23.4 Å². The maximum absolute atomic E-state index is 13.0. The van der Waals surface area contributed by atoms with Crippen LogP contribution in [0.5, 0.6) is 0 Å². The molecule has 5 nitrogen and oxygen atoms in total. The molecule has 2 aromatic carbocycles. The van der Waals surface area contributed by atoms with Crippen LogP contribution in [0.15, 0.2) is 42.5 Å². The largest absolute Gasteiger partial charge is 0.372 e. The van der Waals surface area contributed by atoms with Crippen LogP contribution in [0.1, 0.15) is 35.2 Å². The molecule has 1 atom stereocenters. The number of carbonyl (C=O) groups is 2. The molecule has 2 amide bonds. The Kier molecular flexibility index (Phi) is 8.05. The Morgan fingerprint density at radius 3 is 2.57 bits per heavy atom. The quantitative estimate of drug-likeness (QED) is 0.616. The van der Waals surface area contributed by atoms with Gasteiger partial charge in [0, 0.05) is 24.5 Å². The molecule has 3 rings (SSSR count). The van der Waals surface area contributed by atoms with Crippen LogP contribution < -0.4 is 15.5 Å². The van der Waals surface area contributed by atoms with Crippen molar-refractivity contribution in [3.63, 3.8) is 0 Å². The molecule has 0 spiro atoms. The number of carbonyl (C=O) groups excluding carboxylic acids is 2. The van der Waals surface area contributed by atoms with Gasteiger partial charge in [-0.05, 0) is 74.1 Å². The van der Waals surface area contributed by atoms with Gasteiger partial charge in [0.2, 0.25) is 5.91 Å². The Morgan fingerprint density at radius 1 is 1.17 bits per heavy atom. The van der Waals surface area contributed by atoms with Crippen molar-refractivity contribution in [2.24, 2.45) is 0 Å². The average Bonchev–Trinajstić information content (AvgIpc) is 3.27. The Labute approximate surface area is 187 Å². The van der Waals surface area contributed by atoms with Gasteiger partial charge in [-0.25, -0.2) is 0 Å². The molecule has 0 radical (unpaired) electrons. The summed E-state index contributed by atoms with van der Waals surface area (Å²) in [5, 5.41) is 6.21. The highest BCUT2D eigenvalue weighted by Crippen LogP contribution is 2.26. The number of rotatable bonds is 8. The molecule has 1 fully saturated rings. The van der Waals surface area contributed by atoms with Crippen LogP contribution in [0, 0.1) is 6.92 Å². The molecule has 0 bridgehead atoms. The van der Waals surface area contributed by atoms with Gasteiger partial charge in [-0.2, -0.15) is 11.8 Å². The van der Waals surface area contributed by atoms with E-state index in [0.717, 1.165) is 30.1 Å². The summed E-state index contributed by atoms with van der Waals surface area (Å²) in [5.41, 5.74) is 3.33. The lowest BCUT2D eigenvalue weighted by molar-refractivity contribution is -0.118. The summed E-state index contributed by atoms with van der Waals surface area (Å²) in [6, 6.07) is 12.3. The molecule has 2 N–H and O–H groups in total. The number of hydrogen-bond donors (Lipinski definition) is 2. The fourth-order valence-corrected chi connectivity index (χ4v) is 4.26. The van der Waals surface area contributed by atoms with E-state index in [1.165, 1.54) is 18.5 Å². The van der Waals surface area contributed by atoms with Gasteiger partial charge in [-0.1, -0.05) is 23.7 Å². The second kappa shape index (κ2) is 10.7. The van der Waals surface area contributed by atoms with Gasteiger partial charge in [0.1, 0.15) is 6.04 Å². The second-order valence-corrected chi connectivity index (χ2v) is 8.86. The van der Waals surface area contributed by atoms with Crippen LogP contribution in [0.4, 0.5) is 11.4 Å². The predicted octanol–water partition coefficient (Wildman–Crippen LogP) is 4.74. The standard InChI is InChI=1S/C23H28ClN3O2S/c1-16-15-17(27-12-5-6-13-27)9-10-20(16)25-23(29)21(11-14-30-2)26-22(28)18-7-3-4-8-19(18)24/h3-4,7-10,15,21H,5-6,11-14H2,1-2H3,(H,25,29)(H,26,28). The van der Waals surface area contributed by atoms with E-state index >= 15 is 0 Å². The topological polar surface area (TPSA) is 61.4 Å². The van der Waals surface area contributed by atoms with Crippen LogP contribution in [-0.4, -0.2) is 43.0 Å². The average molecular weight is 446 g/mol. The van der Waals surface area contributed by atoms with Crippen molar-refractivity contribution in [3.05, 3.63) is 58.6 Å². The number of benzene rings is 2. The first kappa shape index (κ1) is 22.5. The normalized spacial score (nSPS) is 14.4. The molecule has 1 heterocycles. The minimum Gasteiger partial charge on any atom is -0.372 e. The number of nitrogens with zero attached hydrogens (tertiary/aromatic N) is 1. The maximum atomic E-state index is 13.0. The lowest BCUT2D eigenvalue weighted by atomic mass is 10.1. The Morgan fingerprint density at radius 2 is 1.90 bits per heavy atom. The molecule has 7 heteroatoms. The van der Waals surface area contributed by atoms with Gasteiger partial charge in [0.05, 0.1) is 10.6 Å². The van der Waals surface area contributed by atoms with Gasteiger partial charge < -0.3 is 15.5 Å². The fourth-order valence-electron chi connectivity index (χ4n) is 3.57. The van der Waals surface area contributed by atoms with E-state index < -0.39 is 6.04 Å². The molecule has 1 unspecified atom stereocenters. The molecule has 30 heavy (non-hydrogen) atoms. The zero-order valence-electron chi connectivity index (χ0n) is 17.4. The summed E-state index contributed by atoms with van der Waals surface area (Å²) >= 11 is 7.77. The molecular weight excluding hydrogens is 418 g/mol. The number of anilines is 2. The third-order valence-electron chi connectivity index (χ3n) is 5.29. The minimum atomic E-state index is -0.640. The Hall–Kier alpha value is -2.18. The van der Waals surface area contributed by atoms with E-state index in [0.29, 0.717) is 17.0 Å². The first-order valence-electron chi connectivity index (χ1n) is 10.2. The van der Waals surface area contributed by atoms with Crippen molar-refractivity contribution in [3.8, 4) is 0 Å². The number of nitrogens with one attached hydrogen (secondary N) is 2. The summed E-state index contributed by atoms with van der Waals surface area (Å²) in [4.78, 5) is 28.0. The molecule has 1 aliphatic heterocycles. The van der Waals surface area contributed by atoms with Crippen molar-refractivity contribution in [2.75, 3.05) is 35.3 Å². The summed E-state index contributed by atoms with van der Waals surface area (Å²) < 4.78 is 0. The molecule has 1 saturated heterocycles. The van der Waals surface area contributed by atoms with Gasteiger partial charge in [0.15, 0.2) is 0 Å². The number of aryl methyl sites for hydroxylation is 1. The van der Waals surface area contributed by atoms with Crippen LogP contribution in [0.3, 0.4) is 0 Å². The highest BCUT2D eigenvalue weighted by atomic mass is 35.5. The second-order valence-electron chi connectivity index (χ2n) is 7.47. The monoisotopic (exact) mass is 445 g/mol. The van der Waals surface area contributed by atoms with Gasteiger partial charge >= 0.3 is 0 Å². The smallest absolute Gasteiger partial charge is 0.253 e. The summed E-state index contributed by atoms with van der Waals surface area (Å²) in [6.45, 7) is 4.15. The van der Waals surface area contributed by atoms with E-state index in [1.807, 2.05) is 25.3 Å². The fraction of sp³-hybridized carbons (Fsp3) is 0.391. The Balaban J connectivity index is 1.70. The van der Waals surface area contributed by atoms with E-state index in [9.17, 15) is 9.59 Å². The third kappa shape index (κ3) is 5.70. The number of hydrogen-bond acceptors (Lipinski definition) is 4. The first-order valence-corrected chi connectivity index (χ1v) is 12.0. The lowest BCUT2D eigenvalue weighted by Gasteiger charge is -2.21. The summed E-state index contributed by atoms with van der Waals surface area (Å²) in [6.07, 6.45) is 4.96. The summed E-state index contributed by atoms with van der Waals surface area (Å²) in [7, 11) is 0. The third-order valence-corrected chi connectivity index (χ3v) is 6.26. The molecule has 160 valence electrons. The highest BCUT2D eigenvalue weighted by molar-refractivity contribution is 7.98. The van der Waals surface area contributed by atoms with Crippen molar-refractivity contribution in [1.82, 2.24) is 5.32 Å². The van der Waals surface area contributed by atoms with Crippen molar-refractivity contribution < 1.29 is 9.59 Å². The summed E-state index contributed by atoms with van der Waals surface area (Å²) in [5.74, 6) is 0.192. The van der Waals surface area contributed by atoms with E-state index in [4.69, 9.17) is 11.6 Å².